The van der Waals surface area contributed by atoms with Crippen LogP contribution in [-0.2, 0) is 6.18 Å². The first-order valence-corrected chi connectivity index (χ1v) is 8.60. The fourth-order valence-corrected chi connectivity index (χ4v) is 3.20. The van der Waals surface area contributed by atoms with Gasteiger partial charge in [-0.25, -0.2) is 9.97 Å². The van der Waals surface area contributed by atoms with Crippen LogP contribution in [0.1, 0.15) is 5.56 Å². The first-order valence-electron chi connectivity index (χ1n) is 7.72. The van der Waals surface area contributed by atoms with Gasteiger partial charge in [0.2, 0.25) is 0 Å². The van der Waals surface area contributed by atoms with E-state index in [0.717, 1.165) is 22.3 Å². The van der Waals surface area contributed by atoms with Crippen molar-refractivity contribution in [2.45, 2.75) is 12.3 Å². The molecule has 0 aliphatic rings. The third kappa shape index (κ3) is 4.23. The highest BCUT2D eigenvalue weighted by Crippen LogP contribution is 2.30. The lowest BCUT2D eigenvalue weighted by Crippen LogP contribution is -2.33. The van der Waals surface area contributed by atoms with Gasteiger partial charge in [0.25, 0.3) is 0 Å². The number of likely N-dealkylation sites (N-methyl/N-ethyl adjacent to an activating group) is 1. The second kappa shape index (κ2) is 7.46. The normalized spacial score (nSPS) is 13.0. The van der Waals surface area contributed by atoms with Gasteiger partial charge in [0.15, 0.2) is 0 Å². The monoisotopic (exact) mass is 383 g/mol. The maximum absolute atomic E-state index is 12.5. The number of aliphatic hydroxyl groups excluding tert-OH is 1. The highest BCUT2D eigenvalue weighted by atomic mass is 32.1. The van der Waals surface area contributed by atoms with E-state index in [0.29, 0.717) is 5.82 Å². The summed E-state index contributed by atoms with van der Waals surface area (Å²) in [5.41, 5.74) is -0.742. The minimum Gasteiger partial charge on any atom is -0.491 e. The number of nitrogens with zero attached hydrogens (tertiary/aromatic N) is 3. The maximum Gasteiger partial charge on any atom is 0.416 e. The van der Waals surface area contributed by atoms with Crippen LogP contribution in [0.3, 0.4) is 0 Å². The third-order valence-electron chi connectivity index (χ3n) is 3.71. The number of anilines is 1. The van der Waals surface area contributed by atoms with E-state index in [2.05, 4.69) is 9.97 Å². The second-order valence-corrected chi connectivity index (χ2v) is 6.60. The Balaban J connectivity index is 1.57. The molecule has 3 aromatic rings. The van der Waals surface area contributed by atoms with Crippen molar-refractivity contribution >= 4 is 27.4 Å². The summed E-state index contributed by atoms with van der Waals surface area (Å²) in [5.74, 6) is 0.965. The molecular weight excluding hydrogens is 367 g/mol. The summed E-state index contributed by atoms with van der Waals surface area (Å²) in [6.45, 7) is 0.205. The average molecular weight is 383 g/mol. The zero-order valence-electron chi connectivity index (χ0n) is 13.8. The van der Waals surface area contributed by atoms with Crippen molar-refractivity contribution < 1.29 is 23.0 Å². The van der Waals surface area contributed by atoms with Gasteiger partial charge in [-0.05, 0) is 35.7 Å². The van der Waals surface area contributed by atoms with Crippen molar-refractivity contribution in [3.8, 4) is 5.75 Å². The van der Waals surface area contributed by atoms with Crippen LogP contribution in [0.15, 0.2) is 42.0 Å². The molecule has 1 atom stereocenters. The second-order valence-electron chi connectivity index (χ2n) is 5.70. The molecule has 0 bridgehead atoms. The van der Waals surface area contributed by atoms with Gasteiger partial charge in [0, 0.05) is 13.6 Å². The van der Waals surface area contributed by atoms with Gasteiger partial charge in [0.05, 0.1) is 10.9 Å². The average Bonchev–Trinajstić information content (AvgIpc) is 3.08. The van der Waals surface area contributed by atoms with Crippen molar-refractivity contribution in [3.05, 3.63) is 47.6 Å². The Morgan fingerprint density at radius 1 is 1.19 bits per heavy atom. The molecule has 1 aromatic carbocycles. The van der Waals surface area contributed by atoms with E-state index in [4.69, 9.17) is 4.74 Å². The maximum atomic E-state index is 12.5. The van der Waals surface area contributed by atoms with Crippen LogP contribution < -0.4 is 9.64 Å². The summed E-state index contributed by atoms with van der Waals surface area (Å²) in [6, 6.07) is 6.28. The SMILES string of the molecule is CN(C[C@H](O)COc1ccc(C(F)(F)F)cc1)c1ncnc2sccc12. The number of benzene rings is 1. The zero-order valence-corrected chi connectivity index (χ0v) is 14.6. The Morgan fingerprint density at radius 3 is 2.62 bits per heavy atom. The molecule has 138 valence electrons. The van der Waals surface area contributed by atoms with E-state index in [1.165, 1.54) is 29.8 Å². The molecule has 9 heteroatoms. The minimum atomic E-state index is -4.38. The first-order chi connectivity index (χ1) is 12.3. The van der Waals surface area contributed by atoms with Gasteiger partial charge in [-0.1, -0.05) is 0 Å². The molecular formula is C17H16F3N3O2S. The van der Waals surface area contributed by atoms with Gasteiger partial charge in [-0.2, -0.15) is 13.2 Å². The number of thiophene rings is 1. The minimum absolute atomic E-state index is 0.0480. The van der Waals surface area contributed by atoms with E-state index in [1.807, 2.05) is 11.4 Å². The Labute approximate surface area is 151 Å². The summed E-state index contributed by atoms with van der Waals surface area (Å²) < 4.78 is 43.0. The lowest BCUT2D eigenvalue weighted by atomic mass is 10.2. The van der Waals surface area contributed by atoms with Gasteiger partial charge < -0.3 is 14.7 Å². The molecule has 0 unspecified atom stereocenters. The van der Waals surface area contributed by atoms with Crippen molar-refractivity contribution in [3.63, 3.8) is 0 Å². The van der Waals surface area contributed by atoms with Crippen LogP contribution in [-0.4, -0.2) is 41.4 Å². The molecule has 1 N–H and O–H groups in total. The number of halogens is 3. The van der Waals surface area contributed by atoms with Crippen molar-refractivity contribution in [2.24, 2.45) is 0 Å². The highest BCUT2D eigenvalue weighted by Gasteiger charge is 2.30. The molecule has 2 heterocycles. The van der Waals surface area contributed by atoms with Gasteiger partial charge in [-0.3, -0.25) is 0 Å². The van der Waals surface area contributed by atoms with E-state index < -0.39 is 17.8 Å². The molecule has 0 radical (unpaired) electrons. The number of rotatable bonds is 6. The number of fused-ring (bicyclic) bond motifs is 1. The van der Waals surface area contributed by atoms with E-state index >= 15 is 0 Å². The first kappa shape index (κ1) is 18.4. The molecule has 2 aromatic heterocycles. The Morgan fingerprint density at radius 2 is 1.92 bits per heavy atom. The van der Waals surface area contributed by atoms with Crippen LogP contribution in [0.4, 0.5) is 19.0 Å². The summed E-state index contributed by atoms with van der Waals surface area (Å²) >= 11 is 1.50. The summed E-state index contributed by atoms with van der Waals surface area (Å²) in [4.78, 5) is 11.1. The lowest BCUT2D eigenvalue weighted by molar-refractivity contribution is -0.137. The molecule has 0 amide bonds. The van der Waals surface area contributed by atoms with Crippen LogP contribution in [0.25, 0.3) is 10.2 Å². The van der Waals surface area contributed by atoms with Crippen LogP contribution in [0.2, 0.25) is 0 Å². The van der Waals surface area contributed by atoms with Crippen LogP contribution >= 0.6 is 11.3 Å². The van der Waals surface area contributed by atoms with Crippen LogP contribution in [0, 0.1) is 0 Å². The van der Waals surface area contributed by atoms with Crippen LogP contribution in [0.5, 0.6) is 5.75 Å². The van der Waals surface area contributed by atoms with E-state index in [1.54, 1.807) is 11.9 Å². The quantitative estimate of drug-likeness (QED) is 0.705. The fraction of sp³-hybridized carbons (Fsp3) is 0.294. The Hall–Kier alpha value is -2.39. The smallest absolute Gasteiger partial charge is 0.416 e. The molecule has 3 rings (SSSR count). The van der Waals surface area contributed by atoms with Gasteiger partial charge in [-0.15, -0.1) is 11.3 Å². The standard InChI is InChI=1S/C17H16F3N3O2S/c1-23(15-14-6-7-26-16(14)22-10-21-15)8-12(24)9-25-13-4-2-11(3-5-13)17(18,19)20/h2-7,10,12,24H,8-9H2,1H3/t12-/m0/s1. The number of alkyl halides is 3. The Kier molecular flexibility index (Phi) is 5.28. The molecule has 0 saturated heterocycles. The fourth-order valence-electron chi connectivity index (χ4n) is 2.47. The molecule has 5 nitrogen and oxygen atoms in total. The topological polar surface area (TPSA) is 58.5 Å². The number of hydrogen-bond acceptors (Lipinski definition) is 6. The van der Waals surface area contributed by atoms with Crippen molar-refractivity contribution in [1.82, 2.24) is 9.97 Å². The predicted octanol–water partition coefficient (Wildman–Crippen LogP) is 3.59. The molecule has 0 fully saturated rings. The predicted molar refractivity (Wildman–Crippen MR) is 93.6 cm³/mol. The summed E-state index contributed by atoms with van der Waals surface area (Å²) in [5, 5.41) is 13.0. The number of aromatic nitrogens is 2. The molecule has 0 spiro atoms. The third-order valence-corrected chi connectivity index (χ3v) is 4.53. The number of hydrogen-bond donors (Lipinski definition) is 1. The van der Waals surface area contributed by atoms with Gasteiger partial charge in [0.1, 0.15) is 35.4 Å². The number of ether oxygens (including phenoxy) is 1. The number of aliphatic hydroxyl groups is 1. The van der Waals surface area contributed by atoms with Crippen molar-refractivity contribution in [2.75, 3.05) is 25.1 Å². The Bertz CT molecular complexity index is 868. The molecule has 0 aliphatic heterocycles. The molecule has 0 aliphatic carbocycles. The highest BCUT2D eigenvalue weighted by molar-refractivity contribution is 7.16. The lowest BCUT2D eigenvalue weighted by Gasteiger charge is -2.22. The van der Waals surface area contributed by atoms with E-state index in [9.17, 15) is 18.3 Å². The largest absolute Gasteiger partial charge is 0.491 e. The van der Waals surface area contributed by atoms with Gasteiger partial charge >= 0.3 is 6.18 Å². The summed E-state index contributed by atoms with van der Waals surface area (Å²) in [7, 11) is 1.79. The summed E-state index contributed by atoms with van der Waals surface area (Å²) in [6.07, 6.45) is -3.76. The van der Waals surface area contributed by atoms with Crippen molar-refractivity contribution in [1.29, 1.82) is 0 Å². The molecule has 26 heavy (non-hydrogen) atoms. The molecule has 0 saturated carbocycles. The van der Waals surface area contributed by atoms with E-state index in [-0.39, 0.29) is 18.9 Å². The zero-order chi connectivity index (χ0) is 18.7.